The molecule has 2 atom stereocenters. The molecule has 0 aliphatic heterocycles. The van der Waals surface area contributed by atoms with Gasteiger partial charge in [-0.3, -0.25) is 0 Å². The lowest BCUT2D eigenvalue weighted by atomic mass is 10.1. The first-order valence-electron chi connectivity index (χ1n) is 7.80. The fraction of sp³-hybridized carbons (Fsp3) is 0.556. The van der Waals surface area contributed by atoms with E-state index in [4.69, 9.17) is 18.9 Å². The molecule has 0 fully saturated rings. The summed E-state index contributed by atoms with van der Waals surface area (Å²) < 4.78 is 21.7. The third kappa shape index (κ3) is 8.13. The number of aliphatic hydroxyl groups excluding tert-OH is 1. The van der Waals surface area contributed by atoms with Gasteiger partial charge in [-0.15, -0.1) is 6.58 Å². The maximum Gasteiger partial charge on any atom is 0.146 e. The van der Waals surface area contributed by atoms with Gasteiger partial charge in [0.25, 0.3) is 0 Å². The van der Waals surface area contributed by atoms with E-state index in [9.17, 15) is 5.11 Å². The van der Waals surface area contributed by atoms with E-state index < -0.39 is 0 Å². The molecule has 1 aromatic carbocycles. The lowest BCUT2D eigenvalue weighted by Crippen LogP contribution is -2.24. The van der Waals surface area contributed by atoms with Gasteiger partial charge >= 0.3 is 0 Å². The summed E-state index contributed by atoms with van der Waals surface area (Å²) in [5.41, 5.74) is 1.06. The van der Waals surface area contributed by atoms with Crippen molar-refractivity contribution in [2.24, 2.45) is 0 Å². The van der Waals surface area contributed by atoms with Gasteiger partial charge in [-0.1, -0.05) is 18.2 Å². The second-order valence-electron chi connectivity index (χ2n) is 5.25. The summed E-state index contributed by atoms with van der Waals surface area (Å²) >= 11 is 0. The molecule has 0 spiro atoms. The van der Waals surface area contributed by atoms with Crippen LogP contribution in [0.1, 0.15) is 24.8 Å². The van der Waals surface area contributed by atoms with Crippen molar-refractivity contribution in [2.75, 3.05) is 27.6 Å². The zero-order valence-electron chi connectivity index (χ0n) is 14.1. The lowest BCUT2D eigenvalue weighted by Gasteiger charge is -2.23. The lowest BCUT2D eigenvalue weighted by molar-refractivity contribution is -0.0930. The number of benzene rings is 1. The molecule has 0 unspecified atom stereocenters. The monoisotopic (exact) mass is 324 g/mol. The Bertz CT molecular complexity index is 418. The Morgan fingerprint density at radius 1 is 1.13 bits per heavy atom. The molecule has 0 aromatic heterocycles. The van der Waals surface area contributed by atoms with E-state index in [0.717, 1.165) is 17.7 Å². The van der Waals surface area contributed by atoms with Gasteiger partial charge in [-0.05, 0) is 30.5 Å². The molecule has 5 nitrogen and oxygen atoms in total. The summed E-state index contributed by atoms with van der Waals surface area (Å²) in [6.07, 6.45) is 3.69. The molecule has 0 radical (unpaired) electrons. The zero-order valence-corrected chi connectivity index (χ0v) is 14.1. The van der Waals surface area contributed by atoms with Crippen molar-refractivity contribution in [3.63, 3.8) is 0 Å². The first kappa shape index (κ1) is 19.6. The molecule has 0 saturated carbocycles. The predicted molar refractivity (Wildman–Crippen MR) is 89.5 cm³/mol. The topological polar surface area (TPSA) is 57.2 Å². The number of ether oxygens (including phenoxy) is 4. The summed E-state index contributed by atoms with van der Waals surface area (Å²) in [4.78, 5) is 0. The maximum absolute atomic E-state index is 9.24. The van der Waals surface area contributed by atoms with Crippen molar-refractivity contribution in [3.05, 3.63) is 42.5 Å². The highest BCUT2D eigenvalue weighted by Gasteiger charge is 2.17. The molecular weight excluding hydrogens is 296 g/mol. The van der Waals surface area contributed by atoms with Gasteiger partial charge < -0.3 is 24.1 Å². The van der Waals surface area contributed by atoms with Crippen molar-refractivity contribution in [3.8, 4) is 5.75 Å². The molecule has 0 saturated heterocycles. The van der Waals surface area contributed by atoms with Crippen LogP contribution in [0.2, 0.25) is 0 Å². The maximum atomic E-state index is 9.24. The summed E-state index contributed by atoms with van der Waals surface area (Å²) in [6, 6.07) is 7.75. The Labute approximate surface area is 138 Å². The number of methoxy groups -OCH3 is 2. The summed E-state index contributed by atoms with van der Waals surface area (Å²) in [5.74, 6) is 0.819. The average molecular weight is 324 g/mol. The minimum Gasteiger partial charge on any atom is -0.497 e. The van der Waals surface area contributed by atoms with Gasteiger partial charge in [-0.25, -0.2) is 0 Å². The van der Waals surface area contributed by atoms with Crippen LogP contribution < -0.4 is 4.74 Å². The van der Waals surface area contributed by atoms with Gasteiger partial charge in [0.2, 0.25) is 0 Å². The van der Waals surface area contributed by atoms with E-state index in [1.165, 1.54) is 0 Å². The average Bonchev–Trinajstić information content (AvgIpc) is 2.58. The SMILES string of the molecule is C=CC[C@H](C[C@H](CCO)OCc1ccc(OC)cc1)OCOC. The molecule has 0 amide bonds. The van der Waals surface area contributed by atoms with Gasteiger partial charge in [0.05, 0.1) is 25.9 Å². The molecule has 0 heterocycles. The van der Waals surface area contributed by atoms with Crippen molar-refractivity contribution < 1.29 is 24.1 Å². The molecule has 1 rings (SSSR count). The molecule has 0 bridgehead atoms. The van der Waals surface area contributed by atoms with Crippen LogP contribution in [0.3, 0.4) is 0 Å². The Hall–Kier alpha value is -1.40. The predicted octanol–water partition coefficient (Wildman–Crippen LogP) is 2.92. The smallest absolute Gasteiger partial charge is 0.146 e. The zero-order chi connectivity index (χ0) is 16.9. The van der Waals surface area contributed by atoms with E-state index in [1.54, 1.807) is 14.2 Å². The van der Waals surface area contributed by atoms with Crippen molar-refractivity contribution in [1.82, 2.24) is 0 Å². The number of aliphatic hydroxyl groups is 1. The summed E-state index contributed by atoms with van der Waals surface area (Å²) in [6.45, 7) is 4.56. The quantitative estimate of drug-likeness (QED) is 0.446. The van der Waals surface area contributed by atoms with Gasteiger partial charge in [0.1, 0.15) is 12.5 Å². The normalized spacial score (nSPS) is 13.5. The van der Waals surface area contributed by atoms with E-state index in [1.807, 2.05) is 30.3 Å². The van der Waals surface area contributed by atoms with Crippen molar-refractivity contribution >= 4 is 0 Å². The summed E-state index contributed by atoms with van der Waals surface area (Å²) in [5, 5.41) is 9.24. The van der Waals surface area contributed by atoms with Gasteiger partial charge in [0.15, 0.2) is 0 Å². The van der Waals surface area contributed by atoms with E-state index in [0.29, 0.717) is 19.4 Å². The molecule has 0 aliphatic rings. The van der Waals surface area contributed by atoms with Crippen LogP contribution in [0.25, 0.3) is 0 Å². The van der Waals surface area contributed by atoms with Crippen LogP contribution in [0.4, 0.5) is 0 Å². The second-order valence-corrected chi connectivity index (χ2v) is 5.25. The summed E-state index contributed by atoms with van der Waals surface area (Å²) in [7, 11) is 3.24. The van der Waals surface area contributed by atoms with Crippen molar-refractivity contribution in [1.29, 1.82) is 0 Å². The fourth-order valence-electron chi connectivity index (χ4n) is 2.22. The van der Waals surface area contributed by atoms with Crippen LogP contribution in [0.5, 0.6) is 5.75 Å². The molecule has 1 aromatic rings. The molecule has 0 aliphatic carbocycles. The van der Waals surface area contributed by atoms with E-state index in [-0.39, 0.29) is 25.6 Å². The highest BCUT2D eigenvalue weighted by atomic mass is 16.7. The molecular formula is C18H28O5. The van der Waals surface area contributed by atoms with Gasteiger partial charge in [-0.2, -0.15) is 0 Å². The van der Waals surface area contributed by atoms with Gasteiger partial charge in [0, 0.05) is 20.1 Å². The van der Waals surface area contributed by atoms with E-state index in [2.05, 4.69) is 6.58 Å². The third-order valence-corrected chi connectivity index (χ3v) is 3.47. The number of hydrogen-bond donors (Lipinski definition) is 1. The van der Waals surface area contributed by atoms with E-state index >= 15 is 0 Å². The first-order chi connectivity index (χ1) is 11.2. The van der Waals surface area contributed by atoms with Crippen LogP contribution in [-0.4, -0.2) is 44.9 Å². The van der Waals surface area contributed by atoms with Crippen LogP contribution in [-0.2, 0) is 20.8 Å². The Balaban J connectivity index is 2.52. The largest absolute Gasteiger partial charge is 0.497 e. The third-order valence-electron chi connectivity index (χ3n) is 3.47. The van der Waals surface area contributed by atoms with Crippen molar-refractivity contribution in [2.45, 2.75) is 38.1 Å². The molecule has 23 heavy (non-hydrogen) atoms. The standard InChI is InChI=1S/C18H28O5/c1-4-5-17(23-14-20-2)12-18(10-11-19)22-13-15-6-8-16(21-3)9-7-15/h4,6-9,17-19H,1,5,10-14H2,2-3H3/t17-,18+/m1/s1. The van der Waals surface area contributed by atoms with Crippen LogP contribution in [0.15, 0.2) is 36.9 Å². The minimum atomic E-state index is -0.0797. The Kier molecular flexibility index (Phi) is 10.3. The Morgan fingerprint density at radius 2 is 1.87 bits per heavy atom. The fourth-order valence-corrected chi connectivity index (χ4v) is 2.22. The highest BCUT2D eigenvalue weighted by Crippen LogP contribution is 2.17. The molecule has 5 heteroatoms. The minimum absolute atomic E-state index is 0.0279. The second kappa shape index (κ2) is 12.1. The van der Waals surface area contributed by atoms with Crippen LogP contribution >= 0.6 is 0 Å². The molecule has 1 N–H and O–H groups in total. The number of rotatable bonds is 13. The number of hydrogen-bond acceptors (Lipinski definition) is 5. The highest BCUT2D eigenvalue weighted by molar-refractivity contribution is 5.26. The first-order valence-corrected chi connectivity index (χ1v) is 7.80. The molecule has 130 valence electrons. The van der Waals surface area contributed by atoms with Crippen LogP contribution in [0, 0.1) is 0 Å². The Morgan fingerprint density at radius 3 is 2.43 bits per heavy atom.